The molecule has 1 aliphatic heterocycles. The summed E-state index contributed by atoms with van der Waals surface area (Å²) in [6.07, 6.45) is 1.60. The van der Waals surface area contributed by atoms with Crippen molar-refractivity contribution < 1.29 is 28.6 Å². The molecule has 0 bridgehead atoms. The minimum absolute atomic E-state index is 0.127. The highest BCUT2D eigenvalue weighted by molar-refractivity contribution is 9.10. The van der Waals surface area contributed by atoms with Crippen molar-refractivity contribution in [3.8, 4) is 17.2 Å². The Morgan fingerprint density at radius 1 is 1.08 bits per heavy atom. The van der Waals surface area contributed by atoms with Crippen LogP contribution >= 0.6 is 39.3 Å². The largest absolute Gasteiger partial charge is 0.492 e. The molecule has 3 aromatic rings. The first-order valence-electron chi connectivity index (χ1n) is 11.6. The molecule has 0 aromatic heterocycles. The monoisotopic (exact) mass is 615 g/mol. The van der Waals surface area contributed by atoms with Crippen LogP contribution in [0.25, 0.3) is 6.08 Å². The SMILES string of the molecule is CCOc1cc(/C=C2\SC(=O)N(CCOc3ccc(C)cc3)C2=O)cc(Br)c1OC(=O)c1cccc(Cl)c1. The lowest BCUT2D eigenvalue weighted by Gasteiger charge is -2.14. The van der Waals surface area contributed by atoms with Crippen molar-refractivity contribution in [3.63, 3.8) is 0 Å². The van der Waals surface area contributed by atoms with E-state index in [1.54, 1.807) is 43.3 Å². The van der Waals surface area contributed by atoms with Gasteiger partial charge in [0.1, 0.15) is 12.4 Å². The van der Waals surface area contributed by atoms with Gasteiger partial charge < -0.3 is 14.2 Å². The van der Waals surface area contributed by atoms with Crippen molar-refractivity contribution in [1.82, 2.24) is 4.90 Å². The Bertz CT molecular complexity index is 1410. The number of amides is 2. The molecule has 1 saturated heterocycles. The Labute approximate surface area is 237 Å². The first-order valence-corrected chi connectivity index (χ1v) is 13.6. The van der Waals surface area contributed by atoms with Gasteiger partial charge in [-0.25, -0.2) is 4.79 Å². The fourth-order valence-corrected chi connectivity index (χ4v) is 5.13. The van der Waals surface area contributed by atoms with Gasteiger partial charge in [-0.05, 0) is 95.6 Å². The van der Waals surface area contributed by atoms with Gasteiger partial charge in [0, 0.05) is 5.02 Å². The molecule has 0 unspecified atom stereocenters. The molecule has 3 aromatic carbocycles. The van der Waals surface area contributed by atoms with Gasteiger partial charge in [0.05, 0.1) is 28.1 Å². The van der Waals surface area contributed by atoms with E-state index in [1.165, 1.54) is 6.07 Å². The summed E-state index contributed by atoms with van der Waals surface area (Å²) in [5, 5.41) is 0.0412. The van der Waals surface area contributed by atoms with Crippen LogP contribution in [0.5, 0.6) is 17.2 Å². The molecule has 1 heterocycles. The number of aryl methyl sites for hydroxylation is 1. The average molecular weight is 617 g/mol. The maximum atomic E-state index is 12.9. The topological polar surface area (TPSA) is 82.1 Å². The van der Waals surface area contributed by atoms with E-state index in [0.29, 0.717) is 33.2 Å². The standard InChI is InChI=1S/C28H23BrClNO6S/c1-3-35-23-14-18(13-22(29)25(23)37-27(33)19-5-4-6-20(30)16-19)15-24-26(32)31(28(34)38-24)11-12-36-21-9-7-17(2)8-10-21/h4-10,13-16H,3,11-12H2,1-2H3/b24-15-. The maximum Gasteiger partial charge on any atom is 0.343 e. The molecular formula is C28H23BrClNO6S. The van der Waals surface area contributed by atoms with Gasteiger partial charge in [-0.1, -0.05) is 35.4 Å². The number of carbonyl (C=O) groups excluding carboxylic acids is 3. The lowest BCUT2D eigenvalue weighted by atomic mass is 10.1. The van der Waals surface area contributed by atoms with Crippen molar-refractivity contribution in [1.29, 1.82) is 0 Å². The summed E-state index contributed by atoms with van der Waals surface area (Å²) in [5.74, 6) is 0.154. The molecule has 10 heteroatoms. The van der Waals surface area contributed by atoms with Crippen LogP contribution in [-0.4, -0.2) is 41.8 Å². The number of nitrogens with zero attached hydrogens (tertiary/aromatic N) is 1. The van der Waals surface area contributed by atoms with Crippen molar-refractivity contribution in [3.05, 3.63) is 91.8 Å². The summed E-state index contributed by atoms with van der Waals surface area (Å²) < 4.78 is 17.4. The van der Waals surface area contributed by atoms with E-state index >= 15 is 0 Å². The quantitative estimate of drug-likeness (QED) is 0.144. The number of carbonyl (C=O) groups is 3. The fraction of sp³-hybridized carbons (Fsp3) is 0.179. The zero-order valence-corrected chi connectivity index (χ0v) is 23.7. The van der Waals surface area contributed by atoms with E-state index in [2.05, 4.69) is 15.9 Å². The number of rotatable bonds is 9. The van der Waals surface area contributed by atoms with Crippen molar-refractivity contribution in [2.24, 2.45) is 0 Å². The Balaban J connectivity index is 1.49. The lowest BCUT2D eigenvalue weighted by Crippen LogP contribution is -2.32. The van der Waals surface area contributed by atoms with Crippen LogP contribution in [0.3, 0.4) is 0 Å². The Kier molecular flexibility index (Phi) is 9.14. The summed E-state index contributed by atoms with van der Waals surface area (Å²) in [6, 6.07) is 17.3. The molecule has 0 spiro atoms. The summed E-state index contributed by atoms with van der Waals surface area (Å²) >= 11 is 10.3. The molecule has 4 rings (SSSR count). The van der Waals surface area contributed by atoms with Crippen LogP contribution in [-0.2, 0) is 4.79 Å². The molecule has 38 heavy (non-hydrogen) atoms. The van der Waals surface area contributed by atoms with Gasteiger partial charge in [-0.15, -0.1) is 0 Å². The third-order valence-electron chi connectivity index (χ3n) is 5.36. The van der Waals surface area contributed by atoms with Gasteiger partial charge in [-0.3, -0.25) is 14.5 Å². The van der Waals surface area contributed by atoms with Crippen molar-refractivity contribution in [2.75, 3.05) is 19.8 Å². The molecule has 0 aliphatic carbocycles. The Morgan fingerprint density at radius 3 is 2.55 bits per heavy atom. The normalized spacial score (nSPS) is 14.2. The van der Waals surface area contributed by atoms with Crippen LogP contribution in [0, 0.1) is 6.92 Å². The Hall–Kier alpha value is -3.27. The highest BCUT2D eigenvalue weighted by Gasteiger charge is 2.35. The second kappa shape index (κ2) is 12.5. The predicted octanol–water partition coefficient (Wildman–Crippen LogP) is 7.14. The zero-order valence-electron chi connectivity index (χ0n) is 20.5. The summed E-state index contributed by atoms with van der Waals surface area (Å²) in [5.41, 5.74) is 1.99. The van der Waals surface area contributed by atoms with Crippen LogP contribution < -0.4 is 14.2 Å². The maximum absolute atomic E-state index is 12.9. The highest BCUT2D eigenvalue weighted by Crippen LogP contribution is 2.39. The molecule has 1 fully saturated rings. The van der Waals surface area contributed by atoms with E-state index in [0.717, 1.165) is 22.2 Å². The summed E-state index contributed by atoms with van der Waals surface area (Å²) in [6.45, 7) is 4.40. The molecule has 0 saturated carbocycles. The summed E-state index contributed by atoms with van der Waals surface area (Å²) in [7, 11) is 0. The number of halogens is 2. The van der Waals surface area contributed by atoms with Crippen molar-refractivity contribution in [2.45, 2.75) is 13.8 Å². The van der Waals surface area contributed by atoms with Crippen molar-refractivity contribution >= 4 is 62.5 Å². The lowest BCUT2D eigenvalue weighted by molar-refractivity contribution is -0.123. The van der Waals surface area contributed by atoms with Gasteiger partial charge in [-0.2, -0.15) is 0 Å². The molecule has 7 nitrogen and oxygen atoms in total. The second-order valence-electron chi connectivity index (χ2n) is 8.16. The van der Waals surface area contributed by atoms with Crippen LogP contribution in [0.4, 0.5) is 4.79 Å². The molecule has 1 aliphatic rings. The van der Waals surface area contributed by atoms with E-state index in [-0.39, 0.29) is 34.6 Å². The molecule has 0 atom stereocenters. The fourth-order valence-electron chi connectivity index (χ4n) is 3.53. The van der Waals surface area contributed by atoms with Gasteiger partial charge in [0.2, 0.25) is 0 Å². The highest BCUT2D eigenvalue weighted by atomic mass is 79.9. The molecule has 196 valence electrons. The first kappa shape index (κ1) is 27.8. The van der Waals surface area contributed by atoms with Crippen LogP contribution in [0.15, 0.2) is 70.0 Å². The zero-order chi connectivity index (χ0) is 27.2. The number of hydrogen-bond acceptors (Lipinski definition) is 7. The third-order valence-corrected chi connectivity index (χ3v) is 7.09. The van der Waals surface area contributed by atoms with E-state index in [1.807, 2.05) is 31.2 Å². The van der Waals surface area contributed by atoms with Crippen LogP contribution in [0.1, 0.15) is 28.4 Å². The summed E-state index contributed by atoms with van der Waals surface area (Å²) in [4.78, 5) is 39.5. The Morgan fingerprint density at radius 2 is 1.84 bits per heavy atom. The molecule has 0 radical (unpaired) electrons. The number of thioether (sulfide) groups is 1. The smallest absolute Gasteiger partial charge is 0.343 e. The van der Waals surface area contributed by atoms with Gasteiger partial charge >= 0.3 is 5.97 Å². The van der Waals surface area contributed by atoms with E-state index in [4.69, 9.17) is 25.8 Å². The third kappa shape index (κ3) is 6.78. The second-order valence-corrected chi connectivity index (χ2v) is 10.4. The molecular weight excluding hydrogens is 594 g/mol. The predicted molar refractivity (Wildman–Crippen MR) is 151 cm³/mol. The van der Waals surface area contributed by atoms with E-state index < -0.39 is 11.9 Å². The average Bonchev–Trinajstić information content (AvgIpc) is 3.14. The minimum Gasteiger partial charge on any atom is -0.492 e. The van der Waals surface area contributed by atoms with E-state index in [9.17, 15) is 14.4 Å². The minimum atomic E-state index is -0.601. The number of ether oxygens (including phenoxy) is 3. The van der Waals surface area contributed by atoms with Gasteiger partial charge in [0.25, 0.3) is 11.1 Å². The molecule has 2 amide bonds. The van der Waals surface area contributed by atoms with Gasteiger partial charge in [0.15, 0.2) is 11.5 Å². The number of imide groups is 1. The van der Waals surface area contributed by atoms with Crippen LogP contribution in [0.2, 0.25) is 5.02 Å². The first-order chi connectivity index (χ1) is 18.2. The number of hydrogen-bond donors (Lipinski definition) is 0. The number of benzene rings is 3. The number of esters is 1. The molecule has 0 N–H and O–H groups in total.